The third kappa shape index (κ3) is 1.31. The number of carbonyl (C=O) groups excluding carboxylic acids is 2. The van der Waals surface area contributed by atoms with Gasteiger partial charge in [0.15, 0.2) is 0 Å². The molecule has 0 radical (unpaired) electrons. The first-order valence-corrected chi connectivity index (χ1v) is 8.83. The fourth-order valence-corrected chi connectivity index (χ4v) is 7.36. The van der Waals surface area contributed by atoms with Crippen molar-refractivity contribution in [3.05, 3.63) is 0 Å². The van der Waals surface area contributed by atoms with Crippen LogP contribution >= 0.6 is 0 Å². The maximum atomic E-state index is 12.5. The maximum absolute atomic E-state index is 12.5. The number of hydrogen-bond donors (Lipinski definition) is 0. The molecule has 8 atom stereocenters. The van der Waals surface area contributed by atoms with E-state index < -0.39 is 0 Å². The van der Waals surface area contributed by atoms with E-state index >= 15 is 0 Å². The molecule has 20 heavy (non-hydrogen) atoms. The Morgan fingerprint density at radius 1 is 0.600 bits per heavy atom. The highest BCUT2D eigenvalue weighted by Crippen LogP contribution is 2.64. The predicted octanol–water partition coefficient (Wildman–Crippen LogP) is 3.24. The summed E-state index contributed by atoms with van der Waals surface area (Å²) in [6.07, 6.45) is 10.1. The van der Waals surface area contributed by atoms with E-state index in [1.54, 1.807) is 0 Å². The molecule has 5 fully saturated rings. The zero-order valence-electron chi connectivity index (χ0n) is 12.1. The van der Waals surface area contributed by atoms with E-state index in [0.717, 1.165) is 36.5 Å². The van der Waals surface area contributed by atoms with Crippen LogP contribution in [0.5, 0.6) is 0 Å². The van der Waals surface area contributed by atoms with Crippen molar-refractivity contribution in [2.75, 3.05) is 0 Å². The monoisotopic (exact) mass is 272 g/mol. The van der Waals surface area contributed by atoms with Gasteiger partial charge in [0, 0.05) is 11.8 Å². The third-order valence-corrected chi connectivity index (χ3v) is 7.82. The van der Waals surface area contributed by atoms with Crippen LogP contribution in [0.15, 0.2) is 0 Å². The second-order valence-corrected chi connectivity index (χ2v) is 8.28. The normalized spacial score (nSPS) is 56.6. The van der Waals surface area contributed by atoms with Crippen LogP contribution in [-0.2, 0) is 9.59 Å². The van der Waals surface area contributed by atoms with Crippen molar-refractivity contribution in [3.63, 3.8) is 0 Å². The van der Waals surface area contributed by atoms with Crippen LogP contribution in [0.2, 0.25) is 0 Å². The second kappa shape index (κ2) is 3.96. The Bertz CT molecular complexity index is 482. The topological polar surface area (TPSA) is 34.1 Å². The highest BCUT2D eigenvalue weighted by molar-refractivity contribution is 6.39. The Hall–Kier alpha value is -0.660. The molecule has 5 saturated carbocycles. The van der Waals surface area contributed by atoms with Crippen LogP contribution in [0.25, 0.3) is 0 Å². The Balaban J connectivity index is 1.62. The fourth-order valence-electron chi connectivity index (χ4n) is 7.36. The molecule has 0 aromatic rings. The molecule has 5 rings (SSSR count). The quantitative estimate of drug-likeness (QED) is 0.634. The minimum atomic E-state index is 0.0338. The largest absolute Gasteiger partial charge is 0.291 e. The summed E-state index contributed by atoms with van der Waals surface area (Å²) in [4.78, 5) is 25.0. The zero-order chi connectivity index (χ0) is 13.4. The minimum Gasteiger partial charge on any atom is -0.291 e. The molecule has 0 aromatic heterocycles. The van der Waals surface area contributed by atoms with E-state index in [-0.39, 0.29) is 23.4 Å². The molecular formula is C18H24O2. The molecule has 5 aliphatic rings. The van der Waals surface area contributed by atoms with Gasteiger partial charge < -0.3 is 0 Å². The van der Waals surface area contributed by atoms with Crippen molar-refractivity contribution in [2.24, 2.45) is 47.3 Å². The van der Waals surface area contributed by atoms with Crippen LogP contribution in [0.4, 0.5) is 0 Å². The van der Waals surface area contributed by atoms with E-state index in [4.69, 9.17) is 0 Å². The molecule has 8 unspecified atom stereocenters. The lowest BCUT2D eigenvalue weighted by atomic mass is 9.45. The summed E-state index contributed by atoms with van der Waals surface area (Å²) in [5.74, 6) is 4.92. The first kappa shape index (κ1) is 11.9. The summed E-state index contributed by atoms with van der Waals surface area (Å²) < 4.78 is 0. The number of carbonyl (C=O) groups is 2. The molecule has 0 spiro atoms. The van der Waals surface area contributed by atoms with E-state index in [1.165, 1.54) is 38.5 Å². The first-order chi connectivity index (χ1) is 9.75. The SMILES string of the molecule is O=C1C(=O)C2CCC3CCCC4CC5CCC1C5C2C34. The Kier molecular flexibility index (Phi) is 2.36. The van der Waals surface area contributed by atoms with Crippen molar-refractivity contribution in [1.29, 1.82) is 0 Å². The zero-order valence-corrected chi connectivity index (χ0v) is 12.1. The average Bonchev–Trinajstić information content (AvgIpc) is 2.89. The van der Waals surface area contributed by atoms with Gasteiger partial charge >= 0.3 is 0 Å². The lowest BCUT2D eigenvalue weighted by molar-refractivity contribution is -0.161. The van der Waals surface area contributed by atoms with E-state index in [1.807, 2.05) is 0 Å². The molecule has 5 aliphatic carbocycles. The van der Waals surface area contributed by atoms with Crippen molar-refractivity contribution in [2.45, 2.75) is 51.4 Å². The minimum absolute atomic E-state index is 0.0338. The Labute approximate surface area is 120 Å². The number of rotatable bonds is 0. The molecule has 0 amide bonds. The van der Waals surface area contributed by atoms with Crippen molar-refractivity contribution in [3.8, 4) is 0 Å². The molecule has 108 valence electrons. The Morgan fingerprint density at radius 2 is 1.20 bits per heavy atom. The van der Waals surface area contributed by atoms with E-state index in [2.05, 4.69) is 0 Å². The average molecular weight is 272 g/mol. The fraction of sp³-hybridized carbons (Fsp3) is 0.889. The molecule has 2 nitrogen and oxygen atoms in total. The standard InChI is InChI=1S/C18H24O2/c19-17-12-7-5-11-8-10-3-1-2-9-4-6-13(18(17)20)16(14(9)10)15(11)12/h9-16H,1-8H2. The molecule has 0 aromatic carbocycles. The molecular weight excluding hydrogens is 248 g/mol. The number of ketones is 2. The summed E-state index contributed by atoms with van der Waals surface area (Å²) in [6.45, 7) is 0. The molecule has 0 saturated heterocycles. The van der Waals surface area contributed by atoms with Gasteiger partial charge in [0.2, 0.25) is 11.6 Å². The van der Waals surface area contributed by atoms with Gasteiger partial charge in [-0.3, -0.25) is 9.59 Å². The predicted molar refractivity (Wildman–Crippen MR) is 74.9 cm³/mol. The van der Waals surface area contributed by atoms with Crippen molar-refractivity contribution in [1.82, 2.24) is 0 Å². The van der Waals surface area contributed by atoms with Crippen LogP contribution in [-0.4, -0.2) is 11.6 Å². The number of hydrogen-bond acceptors (Lipinski definition) is 2. The summed E-state index contributed by atoms with van der Waals surface area (Å²) >= 11 is 0. The van der Waals surface area contributed by atoms with Gasteiger partial charge in [-0.1, -0.05) is 19.3 Å². The van der Waals surface area contributed by atoms with Crippen molar-refractivity contribution >= 4 is 11.6 Å². The molecule has 2 heteroatoms. The highest BCUT2D eigenvalue weighted by atomic mass is 16.2. The van der Waals surface area contributed by atoms with Crippen LogP contribution in [0.1, 0.15) is 51.4 Å². The molecule has 0 aliphatic heterocycles. The van der Waals surface area contributed by atoms with Gasteiger partial charge in [-0.05, 0) is 67.6 Å². The van der Waals surface area contributed by atoms with Gasteiger partial charge in [0.25, 0.3) is 0 Å². The van der Waals surface area contributed by atoms with Crippen molar-refractivity contribution < 1.29 is 9.59 Å². The lowest BCUT2D eigenvalue weighted by Crippen LogP contribution is -2.57. The molecule has 0 bridgehead atoms. The summed E-state index contributed by atoms with van der Waals surface area (Å²) in [7, 11) is 0. The van der Waals surface area contributed by atoms with Crippen LogP contribution < -0.4 is 0 Å². The summed E-state index contributed by atoms with van der Waals surface area (Å²) in [6, 6.07) is 0. The van der Waals surface area contributed by atoms with Gasteiger partial charge in [0.05, 0.1) is 0 Å². The second-order valence-electron chi connectivity index (χ2n) is 8.28. The molecule has 0 heterocycles. The van der Waals surface area contributed by atoms with Gasteiger partial charge in [0.1, 0.15) is 0 Å². The summed E-state index contributed by atoms with van der Waals surface area (Å²) in [5, 5.41) is 0. The van der Waals surface area contributed by atoms with Gasteiger partial charge in [-0.2, -0.15) is 0 Å². The third-order valence-electron chi connectivity index (χ3n) is 7.82. The van der Waals surface area contributed by atoms with Gasteiger partial charge in [-0.15, -0.1) is 0 Å². The lowest BCUT2D eigenvalue weighted by Gasteiger charge is -2.58. The number of Topliss-reactive ketones (excluding diaryl/α,β-unsaturated/α-hetero) is 2. The highest BCUT2D eigenvalue weighted by Gasteiger charge is 2.62. The Morgan fingerprint density at radius 3 is 2.00 bits per heavy atom. The van der Waals surface area contributed by atoms with Crippen LogP contribution in [0, 0.1) is 47.3 Å². The first-order valence-electron chi connectivity index (χ1n) is 8.83. The van der Waals surface area contributed by atoms with E-state index in [0.29, 0.717) is 11.8 Å². The van der Waals surface area contributed by atoms with Crippen LogP contribution in [0.3, 0.4) is 0 Å². The maximum Gasteiger partial charge on any atom is 0.202 e. The van der Waals surface area contributed by atoms with E-state index in [9.17, 15) is 9.59 Å². The smallest absolute Gasteiger partial charge is 0.202 e. The summed E-state index contributed by atoms with van der Waals surface area (Å²) in [5.41, 5.74) is 0. The van der Waals surface area contributed by atoms with Gasteiger partial charge in [-0.25, -0.2) is 0 Å². The molecule has 0 N–H and O–H groups in total.